The second-order valence-corrected chi connectivity index (χ2v) is 3.44. The van der Waals surface area contributed by atoms with E-state index < -0.39 is 0 Å². The van der Waals surface area contributed by atoms with Crippen LogP contribution < -0.4 is 5.73 Å². The van der Waals surface area contributed by atoms with Gasteiger partial charge in [-0.15, -0.1) is 0 Å². The zero-order valence-corrected chi connectivity index (χ0v) is 8.30. The minimum atomic E-state index is -0.153. The van der Waals surface area contributed by atoms with Gasteiger partial charge in [0.25, 0.3) is 0 Å². The van der Waals surface area contributed by atoms with Gasteiger partial charge in [0.05, 0.1) is 11.2 Å². The molecule has 3 nitrogen and oxygen atoms in total. The lowest BCUT2D eigenvalue weighted by atomic mass is 10.0. The highest BCUT2D eigenvalue weighted by molar-refractivity contribution is 7.78. The van der Waals surface area contributed by atoms with E-state index >= 15 is 0 Å². The maximum Gasteiger partial charge on any atom is 0.149 e. The number of hydrogen-bond donors (Lipinski definition) is 1. The number of allylic oxidation sites excluding steroid dienone is 1. The number of rotatable bonds is 4. The van der Waals surface area contributed by atoms with Gasteiger partial charge in [-0.05, 0) is 37.9 Å². The van der Waals surface area contributed by atoms with E-state index in [-0.39, 0.29) is 6.04 Å². The highest BCUT2D eigenvalue weighted by Gasteiger charge is 2.33. The average molecular weight is 196 g/mol. The first-order chi connectivity index (χ1) is 6.20. The van der Waals surface area contributed by atoms with E-state index in [9.17, 15) is 4.79 Å². The van der Waals surface area contributed by atoms with Gasteiger partial charge in [0, 0.05) is 11.3 Å². The van der Waals surface area contributed by atoms with Gasteiger partial charge in [0.2, 0.25) is 0 Å². The molecule has 1 atom stereocenters. The predicted octanol–water partition coefficient (Wildman–Crippen LogP) is 1.30. The SMILES string of the molecule is CC(N)=C(C=O)[C@H](N=C=S)C1CC1. The summed E-state index contributed by atoms with van der Waals surface area (Å²) in [6.45, 7) is 1.71. The summed E-state index contributed by atoms with van der Waals surface area (Å²) in [6, 6.07) is -0.153. The van der Waals surface area contributed by atoms with Crippen LogP contribution in [0.5, 0.6) is 0 Å². The van der Waals surface area contributed by atoms with Crippen molar-refractivity contribution in [1.82, 2.24) is 0 Å². The van der Waals surface area contributed by atoms with Gasteiger partial charge >= 0.3 is 0 Å². The monoisotopic (exact) mass is 196 g/mol. The molecular weight excluding hydrogens is 184 g/mol. The molecule has 0 heterocycles. The van der Waals surface area contributed by atoms with Gasteiger partial charge in [-0.2, -0.15) is 0 Å². The summed E-state index contributed by atoms with van der Waals surface area (Å²) in [6.07, 6.45) is 2.96. The molecule has 0 amide bonds. The first-order valence-electron chi connectivity index (χ1n) is 4.19. The zero-order valence-electron chi connectivity index (χ0n) is 7.49. The quantitative estimate of drug-likeness (QED) is 0.319. The molecular formula is C9H12N2OS. The van der Waals surface area contributed by atoms with E-state index in [1.165, 1.54) is 0 Å². The minimum absolute atomic E-state index is 0.153. The van der Waals surface area contributed by atoms with Crippen molar-refractivity contribution in [1.29, 1.82) is 0 Å². The van der Waals surface area contributed by atoms with E-state index in [0.717, 1.165) is 19.1 Å². The van der Waals surface area contributed by atoms with Crippen molar-refractivity contribution in [2.45, 2.75) is 25.8 Å². The standard InChI is InChI=1S/C9H12N2OS/c1-6(10)8(4-12)9(11-5-13)7-2-3-7/h4,7,9H,2-3,10H2,1H3/t9-/m1/s1. The topological polar surface area (TPSA) is 55.5 Å². The van der Waals surface area contributed by atoms with Crippen molar-refractivity contribution in [2.75, 3.05) is 0 Å². The van der Waals surface area contributed by atoms with Crippen LogP contribution in [-0.4, -0.2) is 17.5 Å². The molecule has 1 saturated carbocycles. The van der Waals surface area contributed by atoms with Gasteiger partial charge in [0.1, 0.15) is 6.29 Å². The van der Waals surface area contributed by atoms with Crippen LogP contribution >= 0.6 is 12.2 Å². The van der Waals surface area contributed by atoms with Crippen LogP contribution in [0, 0.1) is 5.92 Å². The van der Waals surface area contributed by atoms with Crippen molar-refractivity contribution >= 4 is 23.7 Å². The van der Waals surface area contributed by atoms with Crippen molar-refractivity contribution in [3.8, 4) is 0 Å². The first kappa shape index (κ1) is 10.1. The molecule has 2 N–H and O–H groups in total. The van der Waals surface area contributed by atoms with E-state index in [1.807, 2.05) is 0 Å². The van der Waals surface area contributed by atoms with Crippen LogP contribution in [0.4, 0.5) is 0 Å². The van der Waals surface area contributed by atoms with Crippen molar-refractivity contribution in [3.63, 3.8) is 0 Å². The highest BCUT2D eigenvalue weighted by Crippen LogP contribution is 2.37. The van der Waals surface area contributed by atoms with Gasteiger partial charge in [0.15, 0.2) is 0 Å². The Balaban J connectivity index is 2.90. The molecule has 0 unspecified atom stereocenters. The van der Waals surface area contributed by atoms with E-state index in [1.54, 1.807) is 6.92 Å². The molecule has 70 valence electrons. The minimum Gasteiger partial charge on any atom is -0.402 e. The first-order valence-corrected chi connectivity index (χ1v) is 4.60. The Morgan fingerprint density at radius 3 is 2.69 bits per heavy atom. The fourth-order valence-electron chi connectivity index (χ4n) is 1.29. The van der Waals surface area contributed by atoms with Gasteiger partial charge in [-0.1, -0.05) is 0 Å². The summed E-state index contributed by atoms with van der Waals surface area (Å²) in [5.41, 5.74) is 6.65. The van der Waals surface area contributed by atoms with E-state index in [0.29, 0.717) is 17.2 Å². The van der Waals surface area contributed by atoms with Gasteiger partial charge < -0.3 is 5.73 Å². The molecule has 0 aromatic carbocycles. The Hall–Kier alpha value is -0.990. The highest BCUT2D eigenvalue weighted by atomic mass is 32.1. The smallest absolute Gasteiger partial charge is 0.149 e. The van der Waals surface area contributed by atoms with Crippen LogP contribution in [0.2, 0.25) is 0 Å². The molecule has 0 aliphatic heterocycles. The number of nitrogens with two attached hydrogens (primary N) is 1. The molecule has 0 bridgehead atoms. The van der Waals surface area contributed by atoms with Crippen molar-refractivity contribution < 1.29 is 4.79 Å². The third kappa shape index (κ3) is 2.47. The molecule has 1 rings (SSSR count). The zero-order chi connectivity index (χ0) is 9.84. The maximum atomic E-state index is 10.7. The average Bonchev–Trinajstić information content (AvgIpc) is 2.86. The molecule has 0 aromatic rings. The molecule has 13 heavy (non-hydrogen) atoms. The number of aldehydes is 1. The molecule has 1 fully saturated rings. The number of carbonyl (C=O) groups is 1. The number of isothiocyanates is 1. The van der Waals surface area contributed by atoms with E-state index in [2.05, 4.69) is 22.4 Å². The summed E-state index contributed by atoms with van der Waals surface area (Å²) >= 11 is 4.53. The maximum absolute atomic E-state index is 10.7. The summed E-state index contributed by atoms with van der Waals surface area (Å²) in [4.78, 5) is 14.7. The normalized spacial score (nSPS) is 19.8. The number of carbonyl (C=O) groups excluding carboxylic acids is 1. The van der Waals surface area contributed by atoms with Crippen LogP contribution in [-0.2, 0) is 4.79 Å². The largest absolute Gasteiger partial charge is 0.402 e. The lowest BCUT2D eigenvalue weighted by Crippen LogP contribution is -2.16. The van der Waals surface area contributed by atoms with Crippen LogP contribution in [0.3, 0.4) is 0 Å². The van der Waals surface area contributed by atoms with Gasteiger partial charge in [-0.25, -0.2) is 4.99 Å². The molecule has 1 aliphatic rings. The molecule has 0 saturated heterocycles. The van der Waals surface area contributed by atoms with Crippen molar-refractivity contribution in [2.24, 2.45) is 16.6 Å². The lowest BCUT2D eigenvalue weighted by Gasteiger charge is -2.10. The van der Waals surface area contributed by atoms with Crippen LogP contribution in [0.1, 0.15) is 19.8 Å². The number of nitrogens with zero attached hydrogens (tertiary/aromatic N) is 1. The molecule has 4 heteroatoms. The Morgan fingerprint density at radius 1 is 1.77 bits per heavy atom. The Morgan fingerprint density at radius 2 is 2.38 bits per heavy atom. The lowest BCUT2D eigenvalue weighted by molar-refractivity contribution is -0.105. The summed E-state index contributed by atoms with van der Waals surface area (Å²) in [7, 11) is 0. The third-order valence-corrected chi connectivity index (χ3v) is 2.27. The summed E-state index contributed by atoms with van der Waals surface area (Å²) < 4.78 is 0. The number of hydrogen-bond acceptors (Lipinski definition) is 4. The van der Waals surface area contributed by atoms with Crippen LogP contribution in [0.15, 0.2) is 16.3 Å². The Labute approximate surface area is 82.7 Å². The van der Waals surface area contributed by atoms with E-state index in [4.69, 9.17) is 5.73 Å². The second kappa shape index (κ2) is 4.30. The third-order valence-electron chi connectivity index (χ3n) is 2.16. The fourth-order valence-corrected chi connectivity index (χ4v) is 1.41. The molecule has 0 radical (unpaired) electrons. The number of aliphatic imine (C=N–C) groups is 1. The molecule has 0 aromatic heterocycles. The number of thiocarbonyl (C=S) groups is 1. The predicted molar refractivity (Wildman–Crippen MR) is 54.5 cm³/mol. The Bertz CT molecular complexity index is 284. The van der Waals surface area contributed by atoms with Crippen LogP contribution in [0.25, 0.3) is 0 Å². The molecule has 0 spiro atoms. The summed E-state index contributed by atoms with van der Waals surface area (Å²) in [5, 5.41) is 2.32. The van der Waals surface area contributed by atoms with Gasteiger partial charge in [-0.3, -0.25) is 4.79 Å². The second-order valence-electron chi connectivity index (χ2n) is 3.26. The molecule has 1 aliphatic carbocycles. The summed E-state index contributed by atoms with van der Waals surface area (Å²) in [5.74, 6) is 0.439. The van der Waals surface area contributed by atoms with Crippen molar-refractivity contribution in [3.05, 3.63) is 11.3 Å². The Kier molecular flexibility index (Phi) is 3.34. The fraction of sp³-hybridized carbons (Fsp3) is 0.556.